The monoisotopic (exact) mass is 174 g/mol. The van der Waals surface area contributed by atoms with Gasteiger partial charge in [0.15, 0.2) is 6.29 Å². The van der Waals surface area contributed by atoms with E-state index in [1.165, 1.54) is 11.3 Å². The average Bonchev–Trinajstić information content (AvgIpc) is 2.50. The molecule has 0 amide bonds. The van der Waals surface area contributed by atoms with Crippen molar-refractivity contribution in [1.29, 1.82) is 0 Å². The van der Waals surface area contributed by atoms with Gasteiger partial charge in [0, 0.05) is 0 Å². The normalized spacial score (nSPS) is 7.42. The minimum Gasteiger partial charge on any atom is -0.289 e. The Morgan fingerprint density at radius 2 is 2.00 bits per heavy atom. The summed E-state index contributed by atoms with van der Waals surface area (Å²) in [4.78, 5) is 11.8. The highest BCUT2D eigenvalue weighted by Gasteiger charge is 1.92. The second-order valence-corrected chi connectivity index (χ2v) is 3.01. The van der Waals surface area contributed by atoms with Crippen molar-refractivity contribution < 1.29 is 4.79 Å². The summed E-state index contributed by atoms with van der Waals surface area (Å²) >= 11 is 1.49. The van der Waals surface area contributed by atoms with Crippen molar-refractivity contribution in [3.8, 4) is 23.7 Å². The van der Waals surface area contributed by atoms with Crippen LogP contribution in [0.5, 0.6) is 0 Å². The molecule has 0 radical (unpaired) electrons. The molecule has 12 heavy (non-hydrogen) atoms. The van der Waals surface area contributed by atoms with Crippen LogP contribution in [0.4, 0.5) is 0 Å². The van der Waals surface area contributed by atoms with Crippen molar-refractivity contribution in [1.82, 2.24) is 0 Å². The van der Waals surface area contributed by atoms with E-state index in [9.17, 15) is 4.79 Å². The summed E-state index contributed by atoms with van der Waals surface area (Å²) in [6.07, 6.45) is 0.588. The van der Waals surface area contributed by atoms with Gasteiger partial charge in [-0.1, -0.05) is 5.92 Å². The molecule has 0 aliphatic rings. The molecule has 0 bridgehead atoms. The van der Waals surface area contributed by atoms with Gasteiger partial charge in [0.1, 0.15) is 0 Å². The first-order chi connectivity index (χ1) is 5.86. The van der Waals surface area contributed by atoms with Gasteiger partial charge in [0.05, 0.1) is 9.75 Å². The van der Waals surface area contributed by atoms with E-state index in [1.807, 2.05) is 12.1 Å². The summed E-state index contributed by atoms with van der Waals surface area (Å²) in [6, 6.07) is 3.76. The van der Waals surface area contributed by atoms with Gasteiger partial charge in [-0.05, 0) is 30.9 Å². The van der Waals surface area contributed by atoms with Gasteiger partial charge in [-0.3, -0.25) is 4.79 Å². The number of aldehydes is 1. The molecule has 0 unspecified atom stereocenters. The molecule has 0 aliphatic carbocycles. The third kappa shape index (κ3) is 2.27. The van der Waals surface area contributed by atoms with E-state index in [-0.39, 0.29) is 0 Å². The Morgan fingerprint density at radius 1 is 1.33 bits per heavy atom. The summed E-state index contributed by atoms with van der Waals surface area (Å²) in [5.41, 5.74) is 0. The SMILES string of the molecule is CC#Cc1ccc(C#CC=O)s1. The number of carbonyl (C=O) groups excluding carboxylic acids is 1. The molecule has 58 valence electrons. The topological polar surface area (TPSA) is 17.1 Å². The lowest BCUT2D eigenvalue weighted by Crippen LogP contribution is -1.61. The first kappa shape index (κ1) is 8.59. The van der Waals surface area contributed by atoms with Crippen LogP contribution >= 0.6 is 11.3 Å². The van der Waals surface area contributed by atoms with Crippen LogP contribution in [0.1, 0.15) is 16.7 Å². The van der Waals surface area contributed by atoms with Crippen LogP contribution in [0.2, 0.25) is 0 Å². The Kier molecular flexibility index (Phi) is 3.14. The van der Waals surface area contributed by atoms with Gasteiger partial charge < -0.3 is 0 Å². The first-order valence-corrected chi connectivity index (χ1v) is 4.16. The summed E-state index contributed by atoms with van der Waals surface area (Å²) in [6.45, 7) is 1.79. The van der Waals surface area contributed by atoms with Gasteiger partial charge in [-0.2, -0.15) is 0 Å². The molecule has 1 heterocycles. The molecule has 1 rings (SSSR count). The second-order valence-electron chi connectivity index (χ2n) is 1.93. The standard InChI is InChI=1S/C10H6OS/c1-2-4-9-6-7-10(12-9)5-3-8-11/h6-8H,1H3. The third-order valence-electron chi connectivity index (χ3n) is 1.11. The van der Waals surface area contributed by atoms with Crippen LogP contribution in [0.25, 0.3) is 0 Å². The first-order valence-electron chi connectivity index (χ1n) is 3.34. The Bertz CT molecular complexity index is 393. The Balaban J connectivity index is 2.88. The fourth-order valence-electron chi connectivity index (χ4n) is 0.696. The van der Waals surface area contributed by atoms with E-state index >= 15 is 0 Å². The van der Waals surface area contributed by atoms with Crippen molar-refractivity contribution in [3.05, 3.63) is 21.9 Å². The van der Waals surface area contributed by atoms with Crippen molar-refractivity contribution in [2.45, 2.75) is 6.92 Å². The molecule has 0 saturated carbocycles. The second kappa shape index (κ2) is 4.38. The van der Waals surface area contributed by atoms with Gasteiger partial charge in [0.25, 0.3) is 0 Å². The summed E-state index contributed by atoms with van der Waals surface area (Å²) in [5.74, 6) is 10.8. The van der Waals surface area contributed by atoms with Crippen LogP contribution in [-0.4, -0.2) is 6.29 Å². The minimum atomic E-state index is 0.588. The van der Waals surface area contributed by atoms with Gasteiger partial charge in [-0.25, -0.2) is 0 Å². The fourth-order valence-corrected chi connectivity index (χ4v) is 1.47. The maximum atomic E-state index is 9.91. The summed E-state index contributed by atoms with van der Waals surface area (Å²) in [7, 11) is 0. The van der Waals surface area contributed by atoms with Gasteiger partial charge >= 0.3 is 0 Å². The lowest BCUT2D eigenvalue weighted by atomic mass is 10.4. The Labute approximate surface area is 75.4 Å². The van der Waals surface area contributed by atoms with Crippen molar-refractivity contribution in [2.24, 2.45) is 0 Å². The van der Waals surface area contributed by atoms with Crippen molar-refractivity contribution in [2.75, 3.05) is 0 Å². The zero-order valence-electron chi connectivity index (χ0n) is 6.55. The fraction of sp³-hybridized carbons (Fsp3) is 0.100. The Hall–Kier alpha value is -1.51. The minimum absolute atomic E-state index is 0.588. The molecule has 2 heteroatoms. The summed E-state index contributed by atoms with van der Waals surface area (Å²) in [5, 5.41) is 0. The predicted molar refractivity (Wildman–Crippen MR) is 49.8 cm³/mol. The summed E-state index contributed by atoms with van der Waals surface area (Å²) < 4.78 is 0. The predicted octanol–water partition coefficient (Wildman–Crippen LogP) is 1.67. The van der Waals surface area contributed by atoms with E-state index < -0.39 is 0 Å². The lowest BCUT2D eigenvalue weighted by molar-refractivity contribution is -0.103. The third-order valence-corrected chi connectivity index (χ3v) is 2.02. The van der Waals surface area contributed by atoms with Crippen molar-refractivity contribution >= 4 is 17.6 Å². The molecular formula is C10H6OS. The highest BCUT2D eigenvalue weighted by Crippen LogP contribution is 2.13. The van der Waals surface area contributed by atoms with E-state index in [4.69, 9.17) is 0 Å². The van der Waals surface area contributed by atoms with Gasteiger partial charge in [0.2, 0.25) is 0 Å². The molecule has 1 nitrogen and oxygen atoms in total. The van der Waals surface area contributed by atoms with Crippen LogP contribution in [0, 0.1) is 23.7 Å². The highest BCUT2D eigenvalue weighted by molar-refractivity contribution is 7.13. The molecule has 0 aromatic carbocycles. The lowest BCUT2D eigenvalue weighted by Gasteiger charge is -1.74. The zero-order valence-corrected chi connectivity index (χ0v) is 7.37. The van der Waals surface area contributed by atoms with E-state index in [1.54, 1.807) is 6.92 Å². The largest absolute Gasteiger partial charge is 0.289 e. The van der Waals surface area contributed by atoms with E-state index in [0.717, 1.165) is 9.75 Å². The average molecular weight is 174 g/mol. The number of carbonyl (C=O) groups is 1. The highest BCUT2D eigenvalue weighted by atomic mass is 32.1. The van der Waals surface area contributed by atoms with Gasteiger partial charge in [-0.15, -0.1) is 17.3 Å². The zero-order chi connectivity index (χ0) is 8.81. The van der Waals surface area contributed by atoms with Crippen LogP contribution in [-0.2, 0) is 4.79 Å². The molecular weight excluding hydrogens is 168 g/mol. The molecule has 0 aliphatic heterocycles. The smallest absolute Gasteiger partial charge is 0.193 e. The molecule has 1 aromatic rings. The van der Waals surface area contributed by atoms with Crippen LogP contribution < -0.4 is 0 Å². The maximum absolute atomic E-state index is 9.91. The number of rotatable bonds is 0. The molecule has 0 N–H and O–H groups in total. The molecule has 0 atom stereocenters. The molecule has 1 aromatic heterocycles. The van der Waals surface area contributed by atoms with E-state index in [2.05, 4.69) is 23.7 Å². The quantitative estimate of drug-likeness (QED) is 0.432. The number of hydrogen-bond acceptors (Lipinski definition) is 2. The number of hydrogen-bond donors (Lipinski definition) is 0. The van der Waals surface area contributed by atoms with E-state index in [0.29, 0.717) is 6.29 Å². The molecule has 0 saturated heterocycles. The molecule has 0 spiro atoms. The Morgan fingerprint density at radius 3 is 2.58 bits per heavy atom. The number of thiophene rings is 1. The van der Waals surface area contributed by atoms with Crippen LogP contribution in [0.15, 0.2) is 12.1 Å². The molecule has 0 fully saturated rings. The maximum Gasteiger partial charge on any atom is 0.193 e. The van der Waals surface area contributed by atoms with Crippen molar-refractivity contribution in [3.63, 3.8) is 0 Å². The van der Waals surface area contributed by atoms with Crippen LogP contribution in [0.3, 0.4) is 0 Å².